The number of benzene rings is 13. The summed E-state index contributed by atoms with van der Waals surface area (Å²) in [6.45, 7) is 0. The van der Waals surface area contributed by atoms with Gasteiger partial charge in [0.2, 0.25) is 0 Å². The number of nitrogen functional groups attached to an aromatic ring is 1. The van der Waals surface area contributed by atoms with Gasteiger partial charge in [-0.3, -0.25) is 4.68 Å². The van der Waals surface area contributed by atoms with Crippen LogP contribution in [0.2, 0.25) is 0 Å². The van der Waals surface area contributed by atoms with E-state index in [1.807, 2.05) is 4.68 Å². The van der Waals surface area contributed by atoms with Gasteiger partial charge in [-0.1, -0.05) is 152 Å². The molecule has 0 aliphatic rings. The van der Waals surface area contributed by atoms with Crippen LogP contribution in [0.5, 0.6) is 0 Å². The Balaban J connectivity index is 0.738. The average Bonchev–Trinajstić information content (AvgIpc) is 4.42. The van der Waals surface area contributed by atoms with Crippen LogP contribution in [-0.2, 0) is 7.05 Å². The fourth-order valence-corrected chi connectivity index (χ4v) is 13.3. The molecule has 17 rings (SSSR count). The first-order valence-electron chi connectivity index (χ1n) is 27.5. The summed E-state index contributed by atoms with van der Waals surface area (Å²) in [4.78, 5) is 0. The first-order chi connectivity index (χ1) is 39.5. The molecule has 4 aromatic heterocycles. The summed E-state index contributed by atoms with van der Waals surface area (Å²) in [6, 6.07) is 98.4. The number of rotatable bonds is 6. The van der Waals surface area contributed by atoms with E-state index in [0.29, 0.717) is 0 Å². The average molecular weight is 1020 g/mol. The number of hydrogen-bond donors (Lipinski definition) is 1. The van der Waals surface area contributed by atoms with Crippen molar-refractivity contribution in [1.29, 1.82) is 0 Å². The van der Waals surface area contributed by atoms with Gasteiger partial charge >= 0.3 is 0 Å². The highest BCUT2D eigenvalue weighted by atomic mass is 15.3. The van der Waals surface area contributed by atoms with Crippen LogP contribution < -0.4 is 5.84 Å². The summed E-state index contributed by atoms with van der Waals surface area (Å²) in [5.41, 5.74) is 21.1. The monoisotopic (exact) mass is 1020 g/mol. The molecule has 2 N–H and O–H groups in total. The molecular weight excluding hydrogens is 971 g/mol. The zero-order valence-electron chi connectivity index (χ0n) is 43.8. The Hall–Kier alpha value is -10.6. The number of nitrogens with two attached hydrogens (primary N) is 1. The zero-order valence-corrected chi connectivity index (χ0v) is 43.8. The lowest BCUT2D eigenvalue weighted by Gasteiger charge is -2.10. The summed E-state index contributed by atoms with van der Waals surface area (Å²) >= 11 is 0. The van der Waals surface area contributed by atoms with E-state index in [9.17, 15) is 0 Å². The second-order valence-corrected chi connectivity index (χ2v) is 21.7. The van der Waals surface area contributed by atoms with Crippen LogP contribution in [0.15, 0.2) is 267 Å². The molecule has 17 aromatic rings. The minimum atomic E-state index is 1.02. The van der Waals surface area contributed by atoms with E-state index in [1.54, 1.807) is 0 Å². The molecule has 13 aromatic carbocycles. The van der Waals surface area contributed by atoms with Crippen molar-refractivity contribution < 1.29 is 0 Å². The Labute approximate surface area is 460 Å². The number of nitrogens with zero attached hydrogens (tertiary/aromatic N) is 4. The van der Waals surface area contributed by atoms with Gasteiger partial charge in [-0.05, 0) is 181 Å². The van der Waals surface area contributed by atoms with Crippen LogP contribution in [0.25, 0.3) is 165 Å². The van der Waals surface area contributed by atoms with Crippen LogP contribution in [0, 0.1) is 0 Å². The molecule has 0 aliphatic carbocycles. The molecule has 0 aliphatic heterocycles. The number of aryl methyl sites for hydroxylation is 1. The summed E-state index contributed by atoms with van der Waals surface area (Å²) in [5, 5.41) is 14.6. The lowest BCUT2D eigenvalue weighted by molar-refractivity contribution is 1.02. The van der Waals surface area contributed by atoms with Gasteiger partial charge in [0.25, 0.3) is 0 Å². The van der Waals surface area contributed by atoms with E-state index in [2.05, 4.69) is 288 Å². The van der Waals surface area contributed by atoms with E-state index in [-0.39, 0.29) is 0 Å². The third-order valence-electron chi connectivity index (χ3n) is 17.3. The van der Waals surface area contributed by atoms with Crippen molar-refractivity contribution in [3.05, 3.63) is 267 Å². The molecule has 0 amide bonds. The van der Waals surface area contributed by atoms with Crippen molar-refractivity contribution in [1.82, 2.24) is 18.4 Å². The van der Waals surface area contributed by atoms with Crippen LogP contribution >= 0.6 is 0 Å². The van der Waals surface area contributed by atoms with Crippen LogP contribution in [0.4, 0.5) is 0 Å². The minimum absolute atomic E-state index is 1.02. The molecule has 5 nitrogen and oxygen atoms in total. The predicted molar refractivity (Wildman–Crippen MR) is 339 cm³/mol. The van der Waals surface area contributed by atoms with Crippen molar-refractivity contribution in [3.63, 3.8) is 0 Å². The molecule has 374 valence electrons. The summed E-state index contributed by atoms with van der Waals surface area (Å²) in [7, 11) is 2.20. The first-order valence-corrected chi connectivity index (χ1v) is 27.5. The molecule has 5 heteroatoms. The molecule has 0 radical (unpaired) electrons. The fourth-order valence-electron chi connectivity index (χ4n) is 13.3. The van der Waals surface area contributed by atoms with Crippen molar-refractivity contribution in [3.8, 4) is 55.9 Å². The second kappa shape index (κ2) is 16.9. The fraction of sp³-hybridized carbons (Fsp3) is 0.0133. The van der Waals surface area contributed by atoms with Crippen molar-refractivity contribution in [2.75, 3.05) is 5.84 Å². The maximum Gasteiger partial charge on any atom is 0.0709 e. The largest absolute Gasteiger partial charge is 0.344 e. The Morgan fingerprint density at radius 1 is 0.225 bits per heavy atom. The molecular formula is C75H49N5. The Bertz CT molecular complexity index is 5420. The molecule has 0 spiro atoms. The molecule has 0 unspecified atom stereocenters. The molecule has 0 atom stereocenters. The van der Waals surface area contributed by atoms with Gasteiger partial charge in [0, 0.05) is 72.5 Å². The van der Waals surface area contributed by atoms with Gasteiger partial charge in [0.15, 0.2) is 0 Å². The maximum absolute atomic E-state index is 6.75. The molecule has 80 heavy (non-hydrogen) atoms. The third-order valence-corrected chi connectivity index (χ3v) is 17.3. The van der Waals surface area contributed by atoms with E-state index in [1.165, 1.54) is 126 Å². The van der Waals surface area contributed by atoms with E-state index < -0.39 is 0 Å². The highest BCUT2D eigenvalue weighted by Gasteiger charge is 2.19. The molecule has 4 heterocycles. The normalized spacial score (nSPS) is 12.1. The third kappa shape index (κ3) is 6.64. The number of para-hydroxylation sites is 2. The Kier molecular flexibility index (Phi) is 9.42. The first kappa shape index (κ1) is 44.5. The Morgan fingerprint density at radius 2 is 0.637 bits per heavy atom. The van der Waals surface area contributed by atoms with Gasteiger partial charge in [0.1, 0.15) is 0 Å². The van der Waals surface area contributed by atoms with Crippen molar-refractivity contribution in [2.45, 2.75) is 0 Å². The highest BCUT2D eigenvalue weighted by Crippen LogP contribution is 2.42. The number of fused-ring (bicyclic) bond motifs is 14. The SMILES string of the molecule is Cn1c2ccc(-c3ccc4c(c3)c3ccccc3n4-c3ccc(-c4ccccc4)cc3)cc2c2cc3ccc(-c4ccc5c6cc(-c7ccc8c(c7)c7cc9ccccc9cc7n8N)ccc6n(-c6ccccc6)c5c4)cc3cc21. The lowest BCUT2D eigenvalue weighted by Crippen LogP contribution is -2.06. The lowest BCUT2D eigenvalue weighted by atomic mass is 9.97. The summed E-state index contributed by atoms with van der Waals surface area (Å²) < 4.78 is 9.01. The van der Waals surface area contributed by atoms with E-state index >= 15 is 0 Å². The Morgan fingerprint density at radius 3 is 1.34 bits per heavy atom. The quantitative estimate of drug-likeness (QED) is 0.166. The van der Waals surface area contributed by atoms with Gasteiger partial charge in [0.05, 0.1) is 33.1 Å². The predicted octanol–water partition coefficient (Wildman–Crippen LogP) is 19.3. The van der Waals surface area contributed by atoms with Gasteiger partial charge in [-0.2, -0.15) is 0 Å². The van der Waals surface area contributed by atoms with Crippen molar-refractivity contribution in [2.24, 2.45) is 7.05 Å². The number of aromatic nitrogens is 4. The van der Waals surface area contributed by atoms with Crippen LogP contribution in [0.3, 0.4) is 0 Å². The van der Waals surface area contributed by atoms with Gasteiger partial charge in [-0.15, -0.1) is 0 Å². The highest BCUT2D eigenvalue weighted by molar-refractivity contribution is 6.17. The zero-order chi connectivity index (χ0) is 52.7. The minimum Gasteiger partial charge on any atom is -0.344 e. The van der Waals surface area contributed by atoms with Gasteiger partial charge in [-0.25, -0.2) is 0 Å². The summed E-state index contributed by atoms with van der Waals surface area (Å²) in [5.74, 6) is 6.75. The molecule has 0 bridgehead atoms. The van der Waals surface area contributed by atoms with E-state index in [0.717, 1.165) is 38.7 Å². The smallest absolute Gasteiger partial charge is 0.0709 e. The molecule has 0 saturated carbocycles. The van der Waals surface area contributed by atoms with Crippen molar-refractivity contribution >= 4 is 109 Å². The standard InChI is InChI=1S/C75H49N5/c1-77-68-32-25-51(52-26-33-70-62(38-52)60-18-10-11-19-69(60)78(70)59-29-22-47(23-30-59)46-12-4-2-5-13-46)40-64(68)66-42-55-21-20-50(36-57(55)45-73(66)77)56-24-31-61-63-39-53(27-34-71(63)79(74(61)43-56)58-16-6-3-7-17-58)54-28-35-72-65(41-54)67-37-48-14-8-9-15-49(48)44-75(67)80(72)76/h2-45H,76H2,1H3. The molecule has 0 fully saturated rings. The van der Waals surface area contributed by atoms with Crippen LogP contribution in [-0.4, -0.2) is 18.4 Å². The topological polar surface area (TPSA) is 45.7 Å². The van der Waals surface area contributed by atoms with Gasteiger partial charge < -0.3 is 19.5 Å². The molecule has 0 saturated heterocycles. The van der Waals surface area contributed by atoms with E-state index in [4.69, 9.17) is 5.84 Å². The second-order valence-electron chi connectivity index (χ2n) is 21.7. The maximum atomic E-state index is 6.75. The van der Waals surface area contributed by atoms with Crippen LogP contribution in [0.1, 0.15) is 0 Å². The summed E-state index contributed by atoms with van der Waals surface area (Å²) in [6.07, 6.45) is 0. The number of hydrogen-bond acceptors (Lipinski definition) is 1.